The van der Waals surface area contributed by atoms with Crippen molar-refractivity contribution in [2.45, 2.75) is 25.0 Å². The molecule has 0 fully saturated rings. The molecule has 0 bridgehead atoms. The van der Waals surface area contributed by atoms with Crippen LogP contribution in [-0.4, -0.2) is 34.9 Å². The number of hydrogen-bond donors (Lipinski definition) is 1. The Hall–Kier alpha value is -2.75. The SMILES string of the molecule is CCn1ncc(-c2nnn(Cc3ccc([N+](=O)[O-])cc3)n2)c1S. The highest BCUT2D eigenvalue weighted by Crippen LogP contribution is 2.22. The smallest absolute Gasteiger partial charge is 0.259 e. The molecule has 3 rings (SSSR count). The first-order chi connectivity index (χ1) is 11.1. The molecule has 2 aromatic heterocycles. The summed E-state index contributed by atoms with van der Waals surface area (Å²) in [6.45, 7) is 3.04. The van der Waals surface area contributed by atoms with Crippen molar-refractivity contribution in [3.8, 4) is 11.4 Å². The molecular formula is C13H13N7O2S. The van der Waals surface area contributed by atoms with Gasteiger partial charge < -0.3 is 0 Å². The second kappa shape index (κ2) is 6.16. The van der Waals surface area contributed by atoms with Crippen LogP contribution in [0.25, 0.3) is 11.4 Å². The monoisotopic (exact) mass is 331 g/mol. The standard InChI is InChI=1S/C13H13N7O2S/c1-2-18-13(23)11(7-14-18)12-15-17-19(16-12)8-9-3-5-10(6-4-9)20(21)22/h3-7,23H,2,8H2,1H3. The second-order valence-electron chi connectivity index (χ2n) is 4.76. The Labute approximate surface area is 136 Å². The van der Waals surface area contributed by atoms with Crippen LogP contribution in [0.3, 0.4) is 0 Å². The van der Waals surface area contributed by atoms with E-state index in [2.05, 4.69) is 33.1 Å². The summed E-state index contributed by atoms with van der Waals surface area (Å²) in [7, 11) is 0. The van der Waals surface area contributed by atoms with E-state index in [1.54, 1.807) is 23.0 Å². The van der Waals surface area contributed by atoms with Gasteiger partial charge in [0.25, 0.3) is 5.69 Å². The molecule has 0 N–H and O–H groups in total. The first-order valence-electron chi connectivity index (χ1n) is 6.84. The Morgan fingerprint density at radius 3 is 2.65 bits per heavy atom. The van der Waals surface area contributed by atoms with Crippen LogP contribution >= 0.6 is 12.6 Å². The van der Waals surface area contributed by atoms with Gasteiger partial charge in [0.05, 0.1) is 23.2 Å². The summed E-state index contributed by atoms with van der Waals surface area (Å²) in [5.41, 5.74) is 1.60. The van der Waals surface area contributed by atoms with Crippen LogP contribution in [0.5, 0.6) is 0 Å². The molecule has 0 amide bonds. The molecule has 23 heavy (non-hydrogen) atoms. The first kappa shape index (κ1) is 15.2. The summed E-state index contributed by atoms with van der Waals surface area (Å²) in [4.78, 5) is 11.6. The number of hydrogen-bond acceptors (Lipinski definition) is 7. The maximum Gasteiger partial charge on any atom is 0.269 e. The fraction of sp³-hybridized carbons (Fsp3) is 0.231. The van der Waals surface area contributed by atoms with E-state index in [-0.39, 0.29) is 5.69 Å². The summed E-state index contributed by atoms with van der Waals surface area (Å²) < 4.78 is 1.73. The summed E-state index contributed by atoms with van der Waals surface area (Å²) in [6, 6.07) is 6.23. The summed E-state index contributed by atoms with van der Waals surface area (Å²) >= 11 is 4.41. The van der Waals surface area contributed by atoms with E-state index in [9.17, 15) is 10.1 Å². The molecule has 1 aromatic carbocycles. The molecule has 0 atom stereocenters. The van der Waals surface area contributed by atoms with Crippen molar-refractivity contribution in [1.29, 1.82) is 0 Å². The summed E-state index contributed by atoms with van der Waals surface area (Å²) in [5.74, 6) is 0.441. The van der Waals surface area contributed by atoms with E-state index < -0.39 is 4.92 Å². The van der Waals surface area contributed by atoms with Crippen LogP contribution < -0.4 is 0 Å². The van der Waals surface area contributed by atoms with E-state index in [0.717, 1.165) is 5.56 Å². The molecule has 0 aliphatic rings. The van der Waals surface area contributed by atoms with Gasteiger partial charge in [-0.3, -0.25) is 14.8 Å². The molecule has 10 heteroatoms. The van der Waals surface area contributed by atoms with Crippen molar-refractivity contribution in [2.75, 3.05) is 0 Å². The van der Waals surface area contributed by atoms with Gasteiger partial charge in [-0.15, -0.1) is 22.8 Å². The zero-order valence-corrected chi connectivity index (χ0v) is 13.1. The molecule has 0 aliphatic carbocycles. The van der Waals surface area contributed by atoms with Crippen LogP contribution in [0.1, 0.15) is 12.5 Å². The predicted octanol–water partition coefficient (Wildman–Crippen LogP) is 1.80. The van der Waals surface area contributed by atoms with Gasteiger partial charge in [0.15, 0.2) is 0 Å². The number of tetrazole rings is 1. The molecule has 9 nitrogen and oxygen atoms in total. The number of non-ortho nitro benzene ring substituents is 1. The van der Waals surface area contributed by atoms with Gasteiger partial charge in [-0.05, 0) is 17.7 Å². The Balaban J connectivity index is 1.79. The van der Waals surface area contributed by atoms with Crippen LogP contribution in [-0.2, 0) is 13.1 Å². The molecule has 0 radical (unpaired) electrons. The Morgan fingerprint density at radius 1 is 1.30 bits per heavy atom. The molecule has 0 saturated carbocycles. The largest absolute Gasteiger partial charge is 0.269 e. The second-order valence-corrected chi connectivity index (χ2v) is 5.19. The Morgan fingerprint density at radius 2 is 2.04 bits per heavy atom. The van der Waals surface area contributed by atoms with Gasteiger partial charge in [-0.2, -0.15) is 9.90 Å². The number of nitrogens with zero attached hydrogens (tertiary/aromatic N) is 7. The van der Waals surface area contributed by atoms with Crippen LogP contribution in [0, 0.1) is 10.1 Å². The number of thiol groups is 1. The topological polar surface area (TPSA) is 105 Å². The average molecular weight is 331 g/mol. The van der Waals surface area contributed by atoms with Crippen LogP contribution in [0.15, 0.2) is 35.5 Å². The lowest BCUT2D eigenvalue weighted by atomic mass is 10.2. The van der Waals surface area contributed by atoms with E-state index in [1.807, 2.05) is 6.92 Å². The summed E-state index contributed by atoms with van der Waals surface area (Å²) in [5, 5.41) is 27.8. The summed E-state index contributed by atoms with van der Waals surface area (Å²) in [6.07, 6.45) is 1.65. The van der Waals surface area contributed by atoms with Crippen molar-refractivity contribution in [2.24, 2.45) is 0 Å². The third-order valence-corrected chi connectivity index (χ3v) is 3.75. The molecule has 0 unspecified atom stereocenters. The van der Waals surface area contributed by atoms with E-state index >= 15 is 0 Å². The molecule has 2 heterocycles. The maximum absolute atomic E-state index is 10.6. The van der Waals surface area contributed by atoms with E-state index in [4.69, 9.17) is 0 Å². The average Bonchev–Trinajstić information content (AvgIpc) is 3.14. The van der Waals surface area contributed by atoms with E-state index in [0.29, 0.717) is 29.5 Å². The van der Waals surface area contributed by atoms with Crippen molar-refractivity contribution >= 4 is 18.3 Å². The number of nitro benzene ring substituents is 1. The molecule has 0 aliphatic heterocycles. The quantitative estimate of drug-likeness (QED) is 0.434. The number of rotatable bonds is 5. The maximum atomic E-state index is 10.6. The van der Waals surface area contributed by atoms with Gasteiger partial charge in [-0.1, -0.05) is 12.1 Å². The third kappa shape index (κ3) is 3.06. The van der Waals surface area contributed by atoms with Gasteiger partial charge in [0.2, 0.25) is 5.82 Å². The van der Waals surface area contributed by atoms with Crippen LogP contribution in [0.4, 0.5) is 5.69 Å². The minimum atomic E-state index is -0.435. The zero-order valence-electron chi connectivity index (χ0n) is 12.2. The van der Waals surface area contributed by atoms with Crippen molar-refractivity contribution < 1.29 is 4.92 Å². The van der Waals surface area contributed by atoms with Gasteiger partial charge >= 0.3 is 0 Å². The molecule has 3 aromatic rings. The normalized spacial score (nSPS) is 10.9. The Bertz CT molecular complexity index is 840. The lowest BCUT2D eigenvalue weighted by molar-refractivity contribution is -0.384. The highest BCUT2D eigenvalue weighted by Gasteiger charge is 2.14. The number of aromatic nitrogens is 6. The predicted molar refractivity (Wildman–Crippen MR) is 84.2 cm³/mol. The fourth-order valence-corrected chi connectivity index (χ4v) is 2.42. The van der Waals surface area contributed by atoms with Crippen molar-refractivity contribution in [1.82, 2.24) is 30.0 Å². The molecule has 118 valence electrons. The lowest BCUT2D eigenvalue weighted by Gasteiger charge is -1.99. The van der Waals surface area contributed by atoms with Crippen molar-refractivity contribution in [3.63, 3.8) is 0 Å². The van der Waals surface area contributed by atoms with Crippen LogP contribution in [0.2, 0.25) is 0 Å². The lowest BCUT2D eigenvalue weighted by Crippen LogP contribution is -2.04. The Kier molecular flexibility index (Phi) is 4.06. The minimum Gasteiger partial charge on any atom is -0.259 e. The third-order valence-electron chi connectivity index (χ3n) is 3.28. The highest BCUT2D eigenvalue weighted by atomic mass is 32.1. The highest BCUT2D eigenvalue weighted by molar-refractivity contribution is 7.80. The zero-order chi connectivity index (χ0) is 16.4. The van der Waals surface area contributed by atoms with Gasteiger partial charge in [0, 0.05) is 18.7 Å². The van der Waals surface area contributed by atoms with Gasteiger partial charge in [0.1, 0.15) is 5.03 Å². The molecule has 0 spiro atoms. The number of benzene rings is 1. The number of nitro groups is 1. The molecular weight excluding hydrogens is 318 g/mol. The number of aryl methyl sites for hydroxylation is 1. The fourth-order valence-electron chi connectivity index (χ4n) is 2.07. The van der Waals surface area contributed by atoms with E-state index in [1.165, 1.54) is 16.9 Å². The van der Waals surface area contributed by atoms with Crippen molar-refractivity contribution in [3.05, 3.63) is 46.1 Å². The minimum absolute atomic E-state index is 0.0488. The first-order valence-corrected chi connectivity index (χ1v) is 7.29. The molecule has 0 saturated heterocycles. The van der Waals surface area contributed by atoms with Gasteiger partial charge in [-0.25, -0.2) is 0 Å².